The van der Waals surface area contributed by atoms with Gasteiger partial charge in [0.1, 0.15) is 5.65 Å². The first kappa shape index (κ1) is 11.0. The monoisotopic (exact) mass is 311 g/mol. The smallest absolute Gasteiger partial charge is 0.228 e. The standard InChI is InChI=1S/C19H21N3O/c1-13-5-8-15(9-6-13)19-16(11-18(23)21(3)4)22-12-14(2)7-10-17(22)20-19/h5-10,12H,11H2,1-4H3/i3D3,11D. The van der Waals surface area contributed by atoms with Crippen LogP contribution >= 0.6 is 0 Å². The minimum Gasteiger partial charge on any atom is -0.348 e. The third-order valence-electron chi connectivity index (χ3n) is 3.72. The van der Waals surface area contributed by atoms with E-state index in [1.165, 1.54) is 7.05 Å². The van der Waals surface area contributed by atoms with E-state index in [0.29, 0.717) is 21.9 Å². The molecule has 0 aliphatic rings. The van der Waals surface area contributed by atoms with Crippen LogP contribution in [0.2, 0.25) is 0 Å². The summed E-state index contributed by atoms with van der Waals surface area (Å²) in [6.45, 7) is 1.28. The van der Waals surface area contributed by atoms with E-state index in [9.17, 15) is 4.79 Å². The number of likely N-dealkylation sites (N-methyl/N-ethyl adjacent to an activating group) is 1. The molecule has 0 saturated carbocycles. The first-order valence-electron chi connectivity index (χ1n) is 9.43. The van der Waals surface area contributed by atoms with Crippen LogP contribution in [0.1, 0.15) is 22.3 Å². The molecule has 0 saturated heterocycles. The molecule has 0 bridgehead atoms. The lowest BCUT2D eigenvalue weighted by Crippen LogP contribution is -2.24. The van der Waals surface area contributed by atoms with Crippen molar-refractivity contribution < 1.29 is 10.3 Å². The molecule has 2 aromatic heterocycles. The lowest BCUT2D eigenvalue weighted by atomic mass is 10.1. The van der Waals surface area contributed by atoms with Gasteiger partial charge in [0, 0.05) is 31.3 Å². The van der Waals surface area contributed by atoms with Gasteiger partial charge in [-0.2, -0.15) is 0 Å². The molecule has 0 aliphatic carbocycles. The second kappa shape index (κ2) is 5.88. The second-order valence-electron chi connectivity index (χ2n) is 5.69. The number of carbonyl (C=O) groups excluding carboxylic acids is 1. The Morgan fingerprint density at radius 1 is 1.22 bits per heavy atom. The van der Waals surface area contributed by atoms with Gasteiger partial charge in [0.15, 0.2) is 0 Å². The van der Waals surface area contributed by atoms with Crippen LogP contribution in [0.15, 0.2) is 42.6 Å². The van der Waals surface area contributed by atoms with Crippen molar-refractivity contribution in [3.8, 4) is 11.3 Å². The number of amides is 1. The average Bonchev–Trinajstić information content (AvgIpc) is 2.98. The normalized spacial score (nSPS) is 15.4. The quantitative estimate of drug-likeness (QED) is 0.744. The zero-order valence-electron chi connectivity index (χ0n) is 17.4. The summed E-state index contributed by atoms with van der Waals surface area (Å²) in [7, 11) is 1.19. The summed E-state index contributed by atoms with van der Waals surface area (Å²) in [5, 5.41) is 0. The van der Waals surface area contributed by atoms with E-state index in [1.807, 2.05) is 50.2 Å². The number of rotatable bonds is 3. The molecule has 4 heteroatoms. The van der Waals surface area contributed by atoms with Crippen molar-refractivity contribution in [1.82, 2.24) is 14.3 Å². The second-order valence-corrected chi connectivity index (χ2v) is 5.69. The average molecular weight is 311 g/mol. The summed E-state index contributed by atoms with van der Waals surface area (Å²) in [6.07, 6.45) is 0.392. The van der Waals surface area contributed by atoms with Crippen LogP contribution < -0.4 is 0 Å². The van der Waals surface area contributed by atoms with E-state index in [-0.39, 0.29) is 0 Å². The number of pyridine rings is 1. The number of imidazole rings is 1. The summed E-state index contributed by atoms with van der Waals surface area (Å²) in [6, 6.07) is 11.4. The number of hydrogen-bond acceptors (Lipinski definition) is 2. The van der Waals surface area contributed by atoms with Gasteiger partial charge < -0.3 is 9.30 Å². The van der Waals surface area contributed by atoms with E-state index in [2.05, 4.69) is 4.98 Å². The predicted octanol–water partition coefficient (Wildman–Crippen LogP) is 3.25. The molecule has 2 heterocycles. The van der Waals surface area contributed by atoms with Gasteiger partial charge >= 0.3 is 0 Å². The number of carbonyl (C=O) groups is 1. The maximum atomic E-state index is 12.7. The van der Waals surface area contributed by atoms with Crippen molar-refractivity contribution in [2.75, 3.05) is 14.0 Å². The van der Waals surface area contributed by atoms with Crippen molar-refractivity contribution in [2.24, 2.45) is 0 Å². The molecule has 1 atom stereocenters. The molecule has 4 nitrogen and oxygen atoms in total. The minimum absolute atomic E-state index is 0.360. The molecule has 0 N–H and O–H groups in total. The third-order valence-corrected chi connectivity index (χ3v) is 3.72. The molecular weight excluding hydrogens is 286 g/mol. The van der Waals surface area contributed by atoms with E-state index in [1.54, 1.807) is 10.6 Å². The van der Waals surface area contributed by atoms with Crippen LogP contribution in [0.4, 0.5) is 0 Å². The van der Waals surface area contributed by atoms with Crippen LogP contribution in [0.25, 0.3) is 16.9 Å². The molecule has 23 heavy (non-hydrogen) atoms. The minimum atomic E-state index is -2.60. The highest BCUT2D eigenvalue weighted by molar-refractivity contribution is 5.81. The maximum Gasteiger partial charge on any atom is 0.228 e. The van der Waals surface area contributed by atoms with Gasteiger partial charge in [-0.05, 0) is 25.5 Å². The molecular formula is C19H21N3O. The highest BCUT2D eigenvalue weighted by Gasteiger charge is 2.18. The first-order valence-corrected chi connectivity index (χ1v) is 7.35. The van der Waals surface area contributed by atoms with Crippen molar-refractivity contribution in [3.05, 3.63) is 59.4 Å². The van der Waals surface area contributed by atoms with Gasteiger partial charge in [0.25, 0.3) is 0 Å². The largest absolute Gasteiger partial charge is 0.348 e. The lowest BCUT2D eigenvalue weighted by molar-refractivity contribution is -0.128. The Hall–Kier alpha value is -2.62. The van der Waals surface area contributed by atoms with Crippen molar-refractivity contribution in [1.29, 1.82) is 0 Å². The summed E-state index contributed by atoms with van der Waals surface area (Å²) >= 11 is 0. The Bertz CT molecular complexity index is 993. The molecule has 0 fully saturated rings. The number of fused-ring (bicyclic) bond motifs is 1. The number of nitrogens with zero attached hydrogens (tertiary/aromatic N) is 3. The number of hydrogen-bond donors (Lipinski definition) is 0. The van der Waals surface area contributed by atoms with E-state index in [4.69, 9.17) is 5.48 Å². The predicted molar refractivity (Wildman–Crippen MR) is 92.5 cm³/mol. The fourth-order valence-electron chi connectivity index (χ4n) is 2.44. The first-order chi connectivity index (χ1) is 12.6. The Kier molecular flexibility index (Phi) is 2.81. The lowest BCUT2D eigenvalue weighted by Gasteiger charge is -2.11. The molecule has 0 radical (unpaired) electrons. The number of benzene rings is 1. The molecule has 118 valence electrons. The van der Waals surface area contributed by atoms with Gasteiger partial charge in [-0.3, -0.25) is 4.79 Å². The Balaban J connectivity index is 2.20. The molecule has 0 spiro atoms. The highest BCUT2D eigenvalue weighted by atomic mass is 16.2. The van der Waals surface area contributed by atoms with Gasteiger partial charge in [0.05, 0.1) is 17.8 Å². The zero-order chi connectivity index (χ0) is 19.9. The van der Waals surface area contributed by atoms with Gasteiger partial charge in [-0.25, -0.2) is 4.98 Å². The highest BCUT2D eigenvalue weighted by Crippen LogP contribution is 2.26. The van der Waals surface area contributed by atoms with Crippen molar-refractivity contribution >= 4 is 11.6 Å². The summed E-state index contributed by atoms with van der Waals surface area (Å²) < 4.78 is 32.6. The Morgan fingerprint density at radius 2 is 1.91 bits per heavy atom. The zero-order valence-corrected chi connectivity index (χ0v) is 13.4. The number of aromatic nitrogens is 2. The van der Waals surface area contributed by atoms with Crippen LogP contribution in [-0.4, -0.2) is 34.2 Å². The van der Waals surface area contributed by atoms with Gasteiger partial charge in [-0.1, -0.05) is 35.9 Å². The van der Waals surface area contributed by atoms with Crippen molar-refractivity contribution in [2.45, 2.75) is 20.2 Å². The number of aryl methyl sites for hydroxylation is 2. The summed E-state index contributed by atoms with van der Waals surface area (Å²) in [5.74, 6) is -0.799. The van der Waals surface area contributed by atoms with Crippen LogP contribution in [0.5, 0.6) is 0 Å². The topological polar surface area (TPSA) is 37.6 Å². The van der Waals surface area contributed by atoms with Crippen LogP contribution in [0, 0.1) is 13.8 Å². The maximum absolute atomic E-state index is 12.7. The van der Waals surface area contributed by atoms with Gasteiger partial charge in [-0.15, -0.1) is 0 Å². The summed E-state index contributed by atoms with van der Waals surface area (Å²) in [4.78, 5) is 17.9. The van der Waals surface area contributed by atoms with E-state index >= 15 is 0 Å². The Labute approximate surface area is 142 Å². The molecule has 3 aromatic rings. The SMILES string of the molecule is [2H]C(C(=O)N(C)C([2H])([2H])[2H])c1c(-c2ccc(C)cc2)nc2ccc(C)cn12. The van der Waals surface area contributed by atoms with Gasteiger partial charge in [0.2, 0.25) is 5.91 Å². The fourth-order valence-corrected chi connectivity index (χ4v) is 2.44. The molecule has 0 aliphatic heterocycles. The Morgan fingerprint density at radius 3 is 2.61 bits per heavy atom. The molecule has 3 rings (SSSR count). The molecule has 1 amide bonds. The third kappa shape index (κ3) is 2.97. The van der Waals surface area contributed by atoms with E-state index in [0.717, 1.165) is 16.7 Å². The fraction of sp³-hybridized carbons (Fsp3) is 0.263. The van der Waals surface area contributed by atoms with E-state index < -0.39 is 19.3 Å². The van der Waals surface area contributed by atoms with Crippen molar-refractivity contribution in [3.63, 3.8) is 0 Å². The molecule has 1 unspecified atom stereocenters. The summed E-state index contributed by atoms with van der Waals surface area (Å²) in [5.41, 5.74) is 4.28. The van der Waals surface area contributed by atoms with Crippen LogP contribution in [-0.2, 0) is 11.2 Å². The molecule has 1 aromatic carbocycles. The van der Waals surface area contributed by atoms with Crippen LogP contribution in [0.3, 0.4) is 0 Å².